The number of benzene rings is 1. The number of carbonyl (C=O) groups is 1. The van der Waals surface area contributed by atoms with Crippen molar-refractivity contribution in [3.8, 4) is 0 Å². The summed E-state index contributed by atoms with van der Waals surface area (Å²) in [5.74, 6) is 1.09. The zero-order chi connectivity index (χ0) is 22.1. The van der Waals surface area contributed by atoms with Gasteiger partial charge >= 0.3 is 0 Å². The number of nitro benzene ring substituents is 1. The second-order valence-electron chi connectivity index (χ2n) is 8.22. The predicted octanol–water partition coefficient (Wildman–Crippen LogP) is 2.40. The third-order valence-corrected chi connectivity index (χ3v) is 5.60. The largest absolute Gasteiger partial charge is 0.357 e. The predicted molar refractivity (Wildman–Crippen MR) is 137 cm³/mol. The van der Waals surface area contributed by atoms with Crippen molar-refractivity contribution in [2.45, 2.75) is 45.1 Å². The number of nitrogens with one attached hydrogen (secondary N) is 2. The van der Waals surface area contributed by atoms with Gasteiger partial charge in [0.2, 0.25) is 5.91 Å². The lowest BCUT2D eigenvalue weighted by molar-refractivity contribution is -0.384. The number of carbonyl (C=O) groups excluding carboxylic acids is 1. The van der Waals surface area contributed by atoms with Gasteiger partial charge in [0.1, 0.15) is 0 Å². The second-order valence-corrected chi connectivity index (χ2v) is 8.22. The molecule has 2 fully saturated rings. The van der Waals surface area contributed by atoms with Crippen LogP contribution in [0.2, 0.25) is 0 Å². The summed E-state index contributed by atoms with van der Waals surface area (Å²) in [5.41, 5.74) is 1.25. The van der Waals surface area contributed by atoms with E-state index in [9.17, 15) is 14.9 Å². The minimum absolute atomic E-state index is 0. The lowest BCUT2D eigenvalue weighted by Gasteiger charge is -2.36. The lowest BCUT2D eigenvalue weighted by atomic mass is 10.1. The molecule has 0 bridgehead atoms. The average Bonchev–Trinajstić information content (AvgIpc) is 3.57. The number of rotatable bonds is 10. The molecule has 0 aromatic heterocycles. The van der Waals surface area contributed by atoms with Crippen LogP contribution in [0.5, 0.6) is 0 Å². The number of aliphatic imine (C=N–C) groups is 1. The van der Waals surface area contributed by atoms with E-state index in [2.05, 4.69) is 27.4 Å². The summed E-state index contributed by atoms with van der Waals surface area (Å²) in [6.45, 7) is 7.59. The van der Waals surface area contributed by atoms with Crippen LogP contribution in [0.4, 0.5) is 5.69 Å². The minimum Gasteiger partial charge on any atom is -0.357 e. The van der Waals surface area contributed by atoms with Gasteiger partial charge in [-0.15, -0.1) is 24.0 Å². The third kappa shape index (κ3) is 8.89. The fraction of sp³-hybridized carbons (Fsp3) is 0.636. The van der Waals surface area contributed by atoms with Crippen LogP contribution < -0.4 is 10.6 Å². The fourth-order valence-corrected chi connectivity index (χ4v) is 3.66. The molecule has 0 atom stereocenters. The lowest BCUT2D eigenvalue weighted by Crippen LogP contribution is -2.54. The highest BCUT2D eigenvalue weighted by Gasteiger charge is 2.25. The Hall–Kier alpha value is -1.95. The van der Waals surface area contributed by atoms with Crippen molar-refractivity contribution in [3.63, 3.8) is 0 Å². The number of halogens is 1. The van der Waals surface area contributed by atoms with Gasteiger partial charge in [-0.2, -0.15) is 0 Å². The molecule has 1 saturated carbocycles. The summed E-state index contributed by atoms with van der Waals surface area (Å²) in [6, 6.07) is 7.20. The molecule has 1 aromatic rings. The van der Waals surface area contributed by atoms with Crippen LogP contribution in [0, 0.1) is 10.1 Å². The van der Waals surface area contributed by atoms with Gasteiger partial charge in [0.25, 0.3) is 5.69 Å². The third-order valence-electron chi connectivity index (χ3n) is 5.60. The fourth-order valence-electron chi connectivity index (χ4n) is 3.66. The summed E-state index contributed by atoms with van der Waals surface area (Å²) in [7, 11) is 0. The molecule has 0 radical (unpaired) electrons. The number of nitro groups is 1. The van der Waals surface area contributed by atoms with Crippen molar-refractivity contribution in [1.82, 2.24) is 20.4 Å². The quantitative estimate of drug-likeness (QED) is 0.114. The van der Waals surface area contributed by atoms with Crippen LogP contribution in [-0.2, 0) is 11.2 Å². The minimum atomic E-state index is -0.372. The van der Waals surface area contributed by atoms with Crippen LogP contribution in [0.1, 0.15) is 38.2 Å². The maximum atomic E-state index is 12.0. The van der Waals surface area contributed by atoms with Gasteiger partial charge in [-0.25, -0.2) is 0 Å². The van der Waals surface area contributed by atoms with Crippen molar-refractivity contribution in [2.75, 3.05) is 45.8 Å². The van der Waals surface area contributed by atoms with Gasteiger partial charge in [0, 0.05) is 57.4 Å². The first-order chi connectivity index (χ1) is 15.0. The van der Waals surface area contributed by atoms with Crippen LogP contribution in [0.25, 0.3) is 0 Å². The molecule has 178 valence electrons. The van der Waals surface area contributed by atoms with Crippen LogP contribution in [-0.4, -0.2) is 78.4 Å². The van der Waals surface area contributed by atoms with E-state index in [-0.39, 0.29) is 40.5 Å². The van der Waals surface area contributed by atoms with Crippen molar-refractivity contribution in [3.05, 3.63) is 39.9 Å². The number of nitrogens with zero attached hydrogens (tertiary/aromatic N) is 4. The first-order valence-electron chi connectivity index (χ1n) is 11.3. The summed E-state index contributed by atoms with van der Waals surface area (Å²) in [6.07, 6.45) is 5.09. The van der Waals surface area contributed by atoms with E-state index in [1.165, 1.54) is 0 Å². The normalized spacial score (nSPS) is 16.9. The Morgan fingerprint density at radius 2 is 1.84 bits per heavy atom. The summed E-state index contributed by atoms with van der Waals surface area (Å²) in [4.78, 5) is 31.6. The molecule has 0 spiro atoms. The molecule has 0 unspecified atom stereocenters. The van der Waals surface area contributed by atoms with Crippen molar-refractivity contribution < 1.29 is 9.72 Å². The average molecular weight is 558 g/mol. The number of amides is 1. The van der Waals surface area contributed by atoms with Crippen LogP contribution in [0.15, 0.2) is 29.3 Å². The number of hydrogen-bond acceptors (Lipinski definition) is 5. The Bertz CT molecular complexity index is 761. The smallest absolute Gasteiger partial charge is 0.269 e. The topological polar surface area (TPSA) is 103 Å². The van der Waals surface area contributed by atoms with E-state index in [1.54, 1.807) is 12.1 Å². The molecule has 2 aliphatic rings. The van der Waals surface area contributed by atoms with E-state index >= 15 is 0 Å². The first-order valence-corrected chi connectivity index (χ1v) is 11.3. The molecule has 1 saturated heterocycles. The highest BCUT2D eigenvalue weighted by atomic mass is 127. The van der Waals surface area contributed by atoms with Gasteiger partial charge in [-0.05, 0) is 44.6 Å². The Labute approximate surface area is 207 Å². The maximum absolute atomic E-state index is 12.0. The monoisotopic (exact) mass is 558 g/mol. The van der Waals surface area contributed by atoms with Crippen molar-refractivity contribution in [1.29, 1.82) is 0 Å². The molecule has 32 heavy (non-hydrogen) atoms. The van der Waals surface area contributed by atoms with E-state index in [0.29, 0.717) is 12.6 Å². The number of guanidine groups is 1. The Balaban J connectivity index is 0.00000363. The molecule has 1 aliphatic carbocycles. The van der Waals surface area contributed by atoms with Gasteiger partial charge < -0.3 is 15.5 Å². The molecular formula is C22H35IN6O3. The summed E-state index contributed by atoms with van der Waals surface area (Å²) < 4.78 is 0. The Morgan fingerprint density at radius 3 is 2.44 bits per heavy atom. The molecule has 9 nitrogen and oxygen atoms in total. The summed E-state index contributed by atoms with van der Waals surface area (Å²) in [5, 5.41) is 17.2. The standard InChI is InChI=1S/C22H34N6O3.HI/c1-2-23-22(24-12-4-3-5-18-6-10-20(11-7-18)28(30)31)27-15-13-26(14-16-27)17-21(29)25-19-8-9-19;/h6-7,10-11,19H,2-5,8-9,12-17H2,1H3,(H,23,24)(H,25,29);1H. The summed E-state index contributed by atoms with van der Waals surface area (Å²) >= 11 is 0. The number of piperazine rings is 1. The number of hydrogen-bond donors (Lipinski definition) is 2. The molecular weight excluding hydrogens is 523 g/mol. The molecule has 1 amide bonds. The van der Waals surface area contributed by atoms with Gasteiger partial charge in [-0.1, -0.05) is 12.1 Å². The zero-order valence-electron chi connectivity index (χ0n) is 18.8. The molecule has 1 aliphatic heterocycles. The van der Waals surface area contributed by atoms with Gasteiger partial charge in [0.05, 0.1) is 11.5 Å². The van der Waals surface area contributed by atoms with Gasteiger partial charge in [-0.3, -0.25) is 24.8 Å². The molecule has 10 heteroatoms. The first kappa shape index (κ1) is 26.3. The number of aryl methyl sites for hydroxylation is 1. The van der Waals surface area contributed by atoms with Crippen LogP contribution in [0.3, 0.4) is 0 Å². The maximum Gasteiger partial charge on any atom is 0.269 e. The Kier molecular flexibility index (Phi) is 11.1. The van der Waals surface area contributed by atoms with E-state index in [0.717, 1.165) is 82.9 Å². The molecule has 1 aromatic carbocycles. The number of non-ortho nitro benzene ring substituents is 1. The number of unbranched alkanes of at least 4 members (excludes halogenated alkanes) is 1. The SMILES string of the molecule is CCNC(=NCCCCc1ccc([N+](=O)[O-])cc1)N1CCN(CC(=O)NC2CC2)CC1.I. The van der Waals surface area contributed by atoms with Crippen LogP contribution >= 0.6 is 24.0 Å². The molecule has 2 N–H and O–H groups in total. The highest BCUT2D eigenvalue weighted by Crippen LogP contribution is 2.18. The van der Waals surface area contributed by atoms with Gasteiger partial charge in [0.15, 0.2) is 5.96 Å². The van der Waals surface area contributed by atoms with E-state index in [4.69, 9.17) is 4.99 Å². The van der Waals surface area contributed by atoms with Crippen molar-refractivity contribution >= 4 is 41.5 Å². The zero-order valence-corrected chi connectivity index (χ0v) is 21.1. The van der Waals surface area contributed by atoms with E-state index in [1.807, 2.05) is 12.1 Å². The Morgan fingerprint density at radius 1 is 1.16 bits per heavy atom. The molecule has 3 rings (SSSR count). The van der Waals surface area contributed by atoms with Crippen molar-refractivity contribution in [2.24, 2.45) is 4.99 Å². The second kappa shape index (κ2) is 13.6. The molecule has 1 heterocycles. The van der Waals surface area contributed by atoms with E-state index < -0.39 is 0 Å². The highest BCUT2D eigenvalue weighted by molar-refractivity contribution is 14.0.